The zero-order valence-corrected chi connectivity index (χ0v) is 27.6. The molecule has 236 valence electrons. The van der Waals surface area contributed by atoms with Gasteiger partial charge in [-0.3, -0.25) is 0 Å². The molecule has 0 aliphatic heterocycles. The van der Waals surface area contributed by atoms with Crippen molar-refractivity contribution in [2.75, 3.05) is 6.61 Å². The zero-order valence-electron chi connectivity index (χ0n) is 27.6. The largest absolute Gasteiger partial charge is 0.508 e. The molecule has 6 rings (SSSR count). The van der Waals surface area contributed by atoms with Gasteiger partial charge in [0, 0.05) is 18.1 Å². The Bertz CT molecular complexity index is 1280. The number of ether oxygens (including phenoxy) is 1. The number of hydrogen-bond donors (Lipinski definition) is 2. The first kappa shape index (κ1) is 30.9. The average molecular weight is 589 g/mol. The lowest BCUT2D eigenvalue weighted by molar-refractivity contribution is -0.243. The Morgan fingerprint density at radius 3 is 2.30 bits per heavy atom. The quantitative estimate of drug-likeness (QED) is 0.205. The molecular weight excluding hydrogens is 532 g/mol. The molecule has 0 bridgehead atoms. The topological polar surface area (TPSA) is 66.8 Å². The first-order chi connectivity index (χ1) is 20.2. The van der Waals surface area contributed by atoms with Crippen LogP contribution in [0.5, 0.6) is 5.75 Å². The van der Waals surface area contributed by atoms with Crippen molar-refractivity contribution in [1.82, 2.24) is 0 Å². The van der Waals surface area contributed by atoms with Gasteiger partial charge in [0.25, 0.3) is 0 Å². The summed E-state index contributed by atoms with van der Waals surface area (Å²) in [6.07, 6.45) is 15.0. The van der Waals surface area contributed by atoms with Crippen molar-refractivity contribution in [2.45, 2.75) is 112 Å². The lowest BCUT2D eigenvalue weighted by Gasteiger charge is -2.72. The van der Waals surface area contributed by atoms with E-state index in [4.69, 9.17) is 4.74 Å². The van der Waals surface area contributed by atoms with Crippen molar-refractivity contribution >= 4 is 12.0 Å². The molecule has 1 aromatic carbocycles. The number of rotatable bonds is 5. The molecule has 43 heavy (non-hydrogen) atoms. The molecule has 0 amide bonds. The third-order valence-electron chi connectivity index (χ3n) is 15.0. The molecule has 0 spiro atoms. The Morgan fingerprint density at radius 2 is 1.63 bits per heavy atom. The number of carbonyl (C=O) groups excluding carboxylic acids is 1. The Kier molecular flexibility index (Phi) is 7.55. The van der Waals surface area contributed by atoms with Gasteiger partial charge in [-0.1, -0.05) is 58.9 Å². The van der Waals surface area contributed by atoms with Gasteiger partial charge in [0.15, 0.2) is 0 Å². The van der Waals surface area contributed by atoms with Gasteiger partial charge in [-0.15, -0.1) is 0 Å². The second-order valence-corrected chi connectivity index (χ2v) is 16.9. The number of allylic oxidation sites excluding steroid dienone is 1. The van der Waals surface area contributed by atoms with E-state index in [-0.39, 0.29) is 44.9 Å². The van der Waals surface area contributed by atoms with E-state index < -0.39 is 0 Å². The fourth-order valence-corrected chi connectivity index (χ4v) is 12.7. The summed E-state index contributed by atoms with van der Waals surface area (Å²) in [6.45, 7) is 19.6. The Labute approximate surface area is 260 Å². The van der Waals surface area contributed by atoms with Gasteiger partial charge in [-0.25, -0.2) is 4.79 Å². The summed E-state index contributed by atoms with van der Waals surface area (Å²) >= 11 is 0. The number of fused-ring (bicyclic) bond motifs is 7. The number of benzene rings is 1. The van der Waals surface area contributed by atoms with E-state index in [9.17, 15) is 15.0 Å². The average Bonchev–Trinajstić information content (AvgIpc) is 3.37. The van der Waals surface area contributed by atoms with Crippen molar-refractivity contribution in [3.63, 3.8) is 0 Å². The van der Waals surface area contributed by atoms with Gasteiger partial charge in [0.2, 0.25) is 0 Å². The zero-order chi connectivity index (χ0) is 31.0. The maximum Gasteiger partial charge on any atom is 0.331 e. The van der Waals surface area contributed by atoms with Crippen LogP contribution in [0.25, 0.3) is 6.08 Å². The number of aliphatic hydroxyl groups is 1. The molecule has 0 radical (unpaired) electrons. The third-order valence-corrected chi connectivity index (χ3v) is 15.0. The van der Waals surface area contributed by atoms with Crippen LogP contribution in [0.15, 0.2) is 42.5 Å². The van der Waals surface area contributed by atoms with Crippen molar-refractivity contribution in [3.8, 4) is 5.75 Å². The number of phenolic OH excluding ortho intramolecular Hbond substituents is 1. The predicted octanol–water partition coefficient (Wildman–Crippen LogP) is 8.97. The highest BCUT2D eigenvalue weighted by Gasteiger charge is 2.71. The monoisotopic (exact) mass is 588 g/mol. The van der Waals surface area contributed by atoms with Crippen molar-refractivity contribution in [3.05, 3.63) is 48.1 Å². The van der Waals surface area contributed by atoms with Gasteiger partial charge in [0.05, 0.1) is 0 Å². The molecule has 5 saturated carbocycles. The van der Waals surface area contributed by atoms with Crippen molar-refractivity contribution in [1.29, 1.82) is 0 Å². The first-order valence-electron chi connectivity index (χ1n) is 17.2. The molecule has 4 unspecified atom stereocenters. The normalized spacial score (nSPS) is 45.0. The minimum absolute atomic E-state index is 0.0759. The van der Waals surface area contributed by atoms with Crippen molar-refractivity contribution < 1.29 is 19.7 Å². The smallest absolute Gasteiger partial charge is 0.331 e. The van der Waals surface area contributed by atoms with Gasteiger partial charge in [0.1, 0.15) is 11.9 Å². The number of carbonyl (C=O) groups is 1. The number of aromatic hydroxyl groups is 1. The van der Waals surface area contributed by atoms with Gasteiger partial charge in [-0.2, -0.15) is 0 Å². The van der Waals surface area contributed by atoms with Crippen LogP contribution < -0.4 is 0 Å². The summed E-state index contributed by atoms with van der Waals surface area (Å²) in [5, 5.41) is 20.4. The predicted molar refractivity (Wildman–Crippen MR) is 173 cm³/mol. The molecule has 5 fully saturated rings. The lowest BCUT2D eigenvalue weighted by atomic mass is 9.33. The summed E-state index contributed by atoms with van der Waals surface area (Å²) in [4.78, 5) is 13.0. The molecule has 5 aliphatic carbocycles. The Balaban J connectivity index is 1.22. The highest BCUT2D eigenvalue weighted by atomic mass is 16.5. The van der Waals surface area contributed by atoms with Crippen LogP contribution in [0.1, 0.15) is 111 Å². The van der Waals surface area contributed by atoms with Crippen LogP contribution >= 0.6 is 0 Å². The maximum absolute atomic E-state index is 13.0. The second-order valence-electron chi connectivity index (χ2n) is 16.9. The molecule has 1 aromatic rings. The highest BCUT2D eigenvalue weighted by molar-refractivity contribution is 5.87. The summed E-state index contributed by atoms with van der Waals surface area (Å²) < 4.78 is 6.20. The number of hydrogen-bond acceptors (Lipinski definition) is 4. The fraction of sp³-hybridized carbons (Fsp3) is 0.718. The molecule has 0 aromatic heterocycles. The maximum atomic E-state index is 13.0. The molecule has 4 nitrogen and oxygen atoms in total. The number of esters is 1. The molecule has 0 saturated heterocycles. The van der Waals surface area contributed by atoms with Crippen LogP contribution in [0.3, 0.4) is 0 Å². The molecule has 2 N–H and O–H groups in total. The van der Waals surface area contributed by atoms with Crippen LogP contribution in [-0.2, 0) is 9.53 Å². The highest BCUT2D eigenvalue weighted by Crippen LogP contribution is 2.77. The number of aliphatic hydroxyl groups excluding tert-OH is 1. The first-order valence-corrected chi connectivity index (χ1v) is 17.2. The van der Waals surface area contributed by atoms with Gasteiger partial charge >= 0.3 is 5.97 Å². The minimum atomic E-state index is -0.275. The van der Waals surface area contributed by atoms with Crippen molar-refractivity contribution in [2.24, 2.45) is 56.7 Å². The summed E-state index contributed by atoms with van der Waals surface area (Å²) in [5.74, 6) is 2.94. The standard InChI is InChI=1S/C39H56O4/c1-25(2)28-16-21-39(24-40)23-22-37(6)30-13-14-31-35(3,4)32(43-33(42)15-10-26-8-11-27(41)12-9-26)18-19-36(31,5)29(30)17-20-38(37,7)34(28)39/h8-12,15,28-32,34,40-41H,1,13-14,16-24H2,2-7H3/b15-10+/t28-,29?,30?,31?,32-,34?,36+,37-,38+,39+/m0/s1. The molecular formula is C39H56O4. The Morgan fingerprint density at radius 1 is 0.907 bits per heavy atom. The van der Waals surface area contributed by atoms with E-state index in [0.717, 1.165) is 31.2 Å². The summed E-state index contributed by atoms with van der Waals surface area (Å²) in [5.41, 5.74) is 2.94. The van der Waals surface area contributed by atoms with E-state index in [1.807, 2.05) is 0 Å². The molecule has 4 heteroatoms. The van der Waals surface area contributed by atoms with Crippen LogP contribution in [0, 0.1) is 56.7 Å². The van der Waals surface area contributed by atoms with E-state index in [0.29, 0.717) is 36.2 Å². The summed E-state index contributed by atoms with van der Waals surface area (Å²) in [6, 6.07) is 6.85. The lowest BCUT2D eigenvalue weighted by Crippen LogP contribution is -2.66. The van der Waals surface area contributed by atoms with E-state index in [1.54, 1.807) is 30.3 Å². The van der Waals surface area contributed by atoms with E-state index >= 15 is 0 Å². The van der Waals surface area contributed by atoms with Crippen LogP contribution in [-0.4, -0.2) is 28.9 Å². The van der Waals surface area contributed by atoms with Crippen LogP contribution in [0.2, 0.25) is 0 Å². The van der Waals surface area contributed by atoms with Crippen LogP contribution in [0.4, 0.5) is 0 Å². The molecule has 10 atom stereocenters. The minimum Gasteiger partial charge on any atom is -0.508 e. The third kappa shape index (κ3) is 4.50. The Hall–Kier alpha value is -2.07. The summed E-state index contributed by atoms with van der Waals surface area (Å²) in [7, 11) is 0. The van der Waals surface area contributed by atoms with E-state index in [1.165, 1.54) is 50.2 Å². The molecule has 5 aliphatic rings. The second kappa shape index (κ2) is 10.5. The van der Waals surface area contributed by atoms with Gasteiger partial charge in [-0.05, 0) is 146 Å². The number of phenols is 1. The molecule has 0 heterocycles. The van der Waals surface area contributed by atoms with Gasteiger partial charge < -0.3 is 14.9 Å². The fourth-order valence-electron chi connectivity index (χ4n) is 12.7. The van der Waals surface area contributed by atoms with E-state index in [2.05, 4.69) is 48.1 Å². The SMILES string of the molecule is C=C(C)[C@@H]1CC[C@]2(CO)CC[C@@]3(C)C4CCC5C(C)(C)[C@@H](OC(=O)/C=C/c6ccc(O)cc6)CC[C@]5(C)C4CC[C@]3(C)C12.